The fourth-order valence-corrected chi connectivity index (χ4v) is 3.45. The molecule has 0 unspecified atom stereocenters. The Bertz CT molecular complexity index is 1270. The van der Waals surface area contributed by atoms with Crippen molar-refractivity contribution < 1.29 is 27.9 Å². The molecule has 2 aromatic rings. The minimum absolute atomic E-state index is 0.0570. The minimum Gasteiger partial charge on any atom is -0.457 e. The minimum atomic E-state index is -0.323. The molecule has 0 aliphatic heterocycles. The molecule has 0 atom stereocenters. The number of hydrogen-bond acceptors (Lipinski definition) is 12. The molecular formula is C31H42N6O6. The van der Waals surface area contributed by atoms with Crippen molar-refractivity contribution in [3.63, 3.8) is 0 Å². The molecule has 0 aromatic carbocycles. The average molecular weight is 595 g/mol. The molecule has 0 aliphatic rings. The van der Waals surface area contributed by atoms with E-state index < -0.39 is 0 Å². The highest BCUT2D eigenvalue weighted by Gasteiger charge is 2.08. The number of aliphatic imine (C=N–C) groups is 6. The predicted octanol–water partition coefficient (Wildman–Crippen LogP) is 4.77. The van der Waals surface area contributed by atoms with Crippen molar-refractivity contribution in [2.45, 2.75) is 59.2 Å². The summed E-state index contributed by atoms with van der Waals surface area (Å²) >= 11 is 0. The lowest BCUT2D eigenvalue weighted by atomic mass is 10.2. The van der Waals surface area contributed by atoms with Crippen LogP contribution in [-0.2, 0) is 32.3 Å². The Morgan fingerprint density at radius 1 is 0.674 bits per heavy atom. The topological polar surface area (TPSA) is 153 Å². The molecule has 0 aliphatic carbocycles. The highest BCUT2D eigenvalue weighted by molar-refractivity contribution is 5.86. The zero-order valence-electron chi connectivity index (χ0n) is 25.2. The molecule has 2 rings (SSSR count). The van der Waals surface area contributed by atoms with Crippen LogP contribution in [0, 0.1) is 0 Å². The van der Waals surface area contributed by atoms with E-state index in [9.17, 15) is 9.59 Å². The van der Waals surface area contributed by atoms with Crippen molar-refractivity contribution in [2.24, 2.45) is 30.0 Å². The van der Waals surface area contributed by atoms with E-state index in [1.54, 1.807) is 36.7 Å². The monoisotopic (exact) mass is 594 g/mol. The highest BCUT2D eigenvalue weighted by Crippen LogP contribution is 2.10. The maximum atomic E-state index is 12.1. The number of rotatable bonds is 22. The van der Waals surface area contributed by atoms with E-state index >= 15 is 0 Å². The molecule has 0 spiro atoms. The summed E-state index contributed by atoms with van der Waals surface area (Å²) in [6, 6.07) is 7.05. The fourth-order valence-electron chi connectivity index (χ4n) is 3.45. The summed E-state index contributed by atoms with van der Waals surface area (Å²) in [4.78, 5) is 48.9. The van der Waals surface area contributed by atoms with Crippen LogP contribution in [0.15, 0.2) is 63.1 Å². The van der Waals surface area contributed by atoms with Gasteiger partial charge in [0.25, 0.3) is 0 Å². The molecule has 232 valence electrons. The lowest BCUT2D eigenvalue weighted by Gasteiger charge is -2.03. The molecule has 0 fully saturated rings. The molecule has 12 nitrogen and oxygen atoms in total. The van der Waals surface area contributed by atoms with Crippen LogP contribution in [0.4, 0.5) is 0 Å². The largest absolute Gasteiger partial charge is 0.457 e. The molecule has 2 heterocycles. The first-order chi connectivity index (χ1) is 20.9. The molecule has 2 aromatic heterocycles. The first kappa shape index (κ1) is 34.7. The predicted molar refractivity (Wildman–Crippen MR) is 170 cm³/mol. The van der Waals surface area contributed by atoms with Gasteiger partial charge in [-0.15, -0.1) is 0 Å². The Morgan fingerprint density at radius 2 is 1.16 bits per heavy atom. The smallest absolute Gasteiger partial charge is 0.306 e. The van der Waals surface area contributed by atoms with Crippen molar-refractivity contribution in [3.05, 3.63) is 47.3 Å². The SMILES string of the molecule is C=NCCCN=Cc1ccc(COC(=O)CCC(C)=NCCN=Cc2ccc(COC(=O)CCC(C)=NCCN=C)o2)o1. The molecule has 0 saturated carbocycles. The fraction of sp³-hybridized carbons (Fsp3) is 0.484. The van der Waals surface area contributed by atoms with Crippen LogP contribution in [0.3, 0.4) is 0 Å². The quantitative estimate of drug-likeness (QED) is 0.109. The van der Waals surface area contributed by atoms with Crippen LogP contribution in [0.1, 0.15) is 69.0 Å². The van der Waals surface area contributed by atoms with Gasteiger partial charge in [0.15, 0.2) is 0 Å². The number of esters is 2. The summed E-state index contributed by atoms with van der Waals surface area (Å²) in [5.41, 5.74) is 1.72. The van der Waals surface area contributed by atoms with Gasteiger partial charge in [0.05, 0.1) is 51.4 Å². The van der Waals surface area contributed by atoms with Crippen LogP contribution < -0.4 is 0 Å². The molecule has 0 amide bonds. The lowest BCUT2D eigenvalue weighted by Crippen LogP contribution is -2.07. The maximum Gasteiger partial charge on any atom is 0.306 e. The van der Waals surface area contributed by atoms with Crippen LogP contribution in [0.2, 0.25) is 0 Å². The van der Waals surface area contributed by atoms with Gasteiger partial charge >= 0.3 is 11.9 Å². The summed E-state index contributed by atoms with van der Waals surface area (Å²) in [7, 11) is 0. The molecule has 0 bridgehead atoms. The van der Waals surface area contributed by atoms with Gasteiger partial charge in [0.1, 0.15) is 36.3 Å². The van der Waals surface area contributed by atoms with Crippen LogP contribution in [0.5, 0.6) is 0 Å². The van der Waals surface area contributed by atoms with Crippen molar-refractivity contribution in [1.29, 1.82) is 0 Å². The first-order valence-corrected chi connectivity index (χ1v) is 14.2. The third kappa shape index (κ3) is 16.5. The van der Waals surface area contributed by atoms with Gasteiger partial charge in [-0.3, -0.25) is 34.6 Å². The van der Waals surface area contributed by atoms with Crippen molar-refractivity contribution in [1.82, 2.24) is 0 Å². The van der Waals surface area contributed by atoms with Gasteiger partial charge in [-0.25, -0.2) is 0 Å². The Kier molecular flexibility index (Phi) is 17.2. The Balaban J connectivity index is 1.58. The van der Waals surface area contributed by atoms with E-state index in [2.05, 4.69) is 43.4 Å². The molecule has 43 heavy (non-hydrogen) atoms. The van der Waals surface area contributed by atoms with E-state index in [0.717, 1.165) is 17.8 Å². The van der Waals surface area contributed by atoms with E-state index in [4.69, 9.17) is 18.3 Å². The number of carbonyl (C=O) groups excluding carboxylic acids is 2. The van der Waals surface area contributed by atoms with E-state index in [-0.39, 0.29) is 38.0 Å². The summed E-state index contributed by atoms with van der Waals surface area (Å²) in [6.07, 6.45) is 5.61. The van der Waals surface area contributed by atoms with E-state index in [0.29, 0.717) is 75.2 Å². The standard InChI is InChI=1S/C31H42N6O6/c1-24(36-18-16-33-4)6-12-30(38)41-23-29-11-9-27(43-29)21-35-17-19-37-25(2)7-13-31(39)40-22-28-10-8-26(42-28)20-34-15-5-14-32-3/h8-11,20-21H,3-7,12-19,22-23H2,1-2H3. The lowest BCUT2D eigenvalue weighted by molar-refractivity contribution is -0.146. The second kappa shape index (κ2) is 21.3. The zero-order valence-corrected chi connectivity index (χ0v) is 25.2. The summed E-state index contributed by atoms with van der Waals surface area (Å²) in [6.45, 7) is 14.1. The Morgan fingerprint density at radius 3 is 1.67 bits per heavy atom. The number of hydrogen-bond donors (Lipinski definition) is 0. The summed E-state index contributed by atoms with van der Waals surface area (Å²) < 4.78 is 21.8. The van der Waals surface area contributed by atoms with E-state index in [1.165, 1.54) is 0 Å². The Labute approximate surface area is 252 Å². The van der Waals surface area contributed by atoms with Crippen LogP contribution in [-0.4, -0.2) is 88.5 Å². The van der Waals surface area contributed by atoms with Gasteiger partial charge in [-0.2, -0.15) is 0 Å². The summed E-state index contributed by atoms with van der Waals surface area (Å²) in [5.74, 6) is 1.62. The number of nitrogens with zero attached hydrogens (tertiary/aromatic N) is 6. The molecule has 0 radical (unpaired) electrons. The van der Waals surface area contributed by atoms with Crippen molar-refractivity contribution in [3.8, 4) is 0 Å². The van der Waals surface area contributed by atoms with Gasteiger partial charge < -0.3 is 23.3 Å². The van der Waals surface area contributed by atoms with Gasteiger partial charge in [-0.05, 0) is 70.8 Å². The highest BCUT2D eigenvalue weighted by atomic mass is 16.5. The van der Waals surface area contributed by atoms with Crippen LogP contribution in [0.25, 0.3) is 0 Å². The summed E-state index contributed by atoms with van der Waals surface area (Å²) in [5, 5.41) is 0. The van der Waals surface area contributed by atoms with Crippen molar-refractivity contribution >= 4 is 49.2 Å². The number of carbonyl (C=O) groups is 2. The number of ether oxygens (including phenoxy) is 2. The normalized spacial score (nSPS) is 12.2. The molecule has 0 N–H and O–H groups in total. The van der Waals surface area contributed by atoms with Gasteiger partial charge in [0.2, 0.25) is 0 Å². The number of furan rings is 2. The maximum absolute atomic E-state index is 12.1. The third-order valence-electron chi connectivity index (χ3n) is 5.79. The van der Waals surface area contributed by atoms with Crippen molar-refractivity contribution in [2.75, 3.05) is 39.3 Å². The average Bonchev–Trinajstić information content (AvgIpc) is 3.66. The third-order valence-corrected chi connectivity index (χ3v) is 5.79. The van der Waals surface area contributed by atoms with Gasteiger partial charge in [0, 0.05) is 24.5 Å². The van der Waals surface area contributed by atoms with Crippen LogP contribution >= 0.6 is 0 Å². The van der Waals surface area contributed by atoms with Gasteiger partial charge in [-0.1, -0.05) is 0 Å². The Hall–Kier alpha value is -4.48. The molecular weight excluding hydrogens is 552 g/mol. The first-order valence-electron chi connectivity index (χ1n) is 14.2. The second-order valence-corrected chi connectivity index (χ2v) is 9.48. The molecule has 12 heteroatoms. The second-order valence-electron chi connectivity index (χ2n) is 9.48. The molecule has 0 saturated heterocycles. The van der Waals surface area contributed by atoms with E-state index in [1.807, 2.05) is 13.8 Å². The zero-order chi connectivity index (χ0) is 31.1.